The van der Waals surface area contributed by atoms with Gasteiger partial charge in [0.2, 0.25) is 6.10 Å². The zero-order valence-electron chi connectivity index (χ0n) is 13.5. The van der Waals surface area contributed by atoms with Crippen molar-refractivity contribution in [3.63, 3.8) is 0 Å². The average Bonchev–Trinajstić information content (AvgIpc) is 2.59. The van der Waals surface area contributed by atoms with Crippen molar-refractivity contribution in [3.05, 3.63) is 60.7 Å². The molecule has 5 nitrogen and oxygen atoms in total. The molecule has 0 spiro atoms. The van der Waals surface area contributed by atoms with Crippen LogP contribution in [0.3, 0.4) is 0 Å². The van der Waals surface area contributed by atoms with Gasteiger partial charge in [-0.25, -0.2) is 4.79 Å². The zero-order valence-corrected chi connectivity index (χ0v) is 13.5. The van der Waals surface area contributed by atoms with E-state index in [1.54, 1.807) is 24.3 Å². The third-order valence-electron chi connectivity index (χ3n) is 3.44. The van der Waals surface area contributed by atoms with E-state index in [-0.39, 0.29) is 11.5 Å². The fraction of sp³-hybridized carbons (Fsp3) is 0.278. The van der Waals surface area contributed by atoms with Crippen LogP contribution in [0, 0.1) is 0 Å². The normalized spacial score (nSPS) is 14.9. The van der Waals surface area contributed by atoms with Gasteiger partial charge >= 0.3 is 12.1 Å². The Morgan fingerprint density at radius 3 is 1.81 bits per heavy atom. The lowest BCUT2D eigenvalue weighted by Gasteiger charge is -2.27. The smallest absolute Gasteiger partial charge is 0.425 e. The Balaban J connectivity index is 2.12. The van der Waals surface area contributed by atoms with Gasteiger partial charge in [0.25, 0.3) is 0 Å². The van der Waals surface area contributed by atoms with Crippen molar-refractivity contribution in [2.45, 2.75) is 30.9 Å². The Morgan fingerprint density at radius 2 is 1.38 bits per heavy atom. The lowest BCUT2D eigenvalue weighted by Crippen LogP contribution is -2.45. The van der Waals surface area contributed by atoms with Crippen molar-refractivity contribution in [3.8, 4) is 11.5 Å². The van der Waals surface area contributed by atoms with Crippen LogP contribution in [-0.2, 0) is 4.79 Å². The summed E-state index contributed by atoms with van der Waals surface area (Å²) in [4.78, 5) is 11.3. The molecule has 0 radical (unpaired) electrons. The molecular formula is C18H17F3O5. The van der Waals surface area contributed by atoms with E-state index in [0.29, 0.717) is 0 Å². The number of aliphatic hydroxyl groups is 1. The van der Waals surface area contributed by atoms with E-state index in [1.807, 2.05) is 0 Å². The number of benzene rings is 2. The van der Waals surface area contributed by atoms with Crippen molar-refractivity contribution < 1.29 is 37.7 Å². The average molecular weight is 370 g/mol. The summed E-state index contributed by atoms with van der Waals surface area (Å²) in [5.74, 6) is -1.51. The number of rotatable bonds is 8. The molecule has 0 bridgehead atoms. The number of carbonyl (C=O) groups is 1. The van der Waals surface area contributed by atoms with E-state index < -0.39 is 36.9 Å². The fourth-order valence-electron chi connectivity index (χ4n) is 2.19. The lowest BCUT2D eigenvalue weighted by atomic mass is 10.1. The minimum atomic E-state index is -4.80. The van der Waals surface area contributed by atoms with Crippen molar-refractivity contribution >= 4 is 5.97 Å². The highest BCUT2D eigenvalue weighted by molar-refractivity contribution is 5.73. The summed E-state index contributed by atoms with van der Waals surface area (Å²) in [5, 5.41) is 19.3. The van der Waals surface area contributed by atoms with Crippen LogP contribution >= 0.6 is 0 Å². The van der Waals surface area contributed by atoms with Gasteiger partial charge in [-0.05, 0) is 24.3 Å². The van der Waals surface area contributed by atoms with Gasteiger partial charge in [-0.15, -0.1) is 0 Å². The first-order chi connectivity index (χ1) is 12.3. The van der Waals surface area contributed by atoms with Crippen molar-refractivity contribution in [2.24, 2.45) is 0 Å². The molecule has 2 aromatic carbocycles. The minimum Gasteiger partial charge on any atom is -0.481 e. The number of ether oxygens (including phenoxy) is 2. The lowest BCUT2D eigenvalue weighted by molar-refractivity contribution is -0.205. The predicted octanol–water partition coefficient (Wildman–Crippen LogP) is 3.28. The maximum Gasteiger partial charge on any atom is 0.425 e. The highest BCUT2D eigenvalue weighted by Crippen LogP contribution is 2.29. The quantitative estimate of drug-likeness (QED) is 0.746. The number of carboxylic acids is 1. The molecular weight excluding hydrogens is 353 g/mol. The molecule has 3 unspecified atom stereocenters. The third kappa shape index (κ3) is 5.66. The second kappa shape index (κ2) is 8.57. The monoisotopic (exact) mass is 370 g/mol. The van der Waals surface area contributed by atoms with E-state index in [0.717, 1.165) is 0 Å². The second-order valence-corrected chi connectivity index (χ2v) is 5.45. The number of aliphatic hydroxyl groups excluding tert-OH is 1. The molecule has 2 N–H and O–H groups in total. The number of hydrogen-bond acceptors (Lipinski definition) is 4. The molecule has 140 valence electrons. The molecule has 0 aliphatic carbocycles. The summed E-state index contributed by atoms with van der Waals surface area (Å²) < 4.78 is 49.7. The van der Waals surface area contributed by atoms with Crippen LogP contribution in [0.15, 0.2) is 60.7 Å². The van der Waals surface area contributed by atoms with Crippen molar-refractivity contribution in [2.75, 3.05) is 0 Å². The fourth-order valence-corrected chi connectivity index (χ4v) is 2.19. The number of carboxylic acid groups (broad SMARTS) is 1. The molecule has 0 saturated heterocycles. The maximum absolute atomic E-state index is 13.2. The standard InChI is InChI=1S/C18H17F3O5/c19-18(20,21)15(25-12-7-3-1-4-8-12)11-14(22)16(17(23)24)26-13-9-5-2-6-10-13/h1-10,14-16,22H,11H2,(H,23,24). The first-order valence-electron chi connectivity index (χ1n) is 7.68. The van der Waals surface area contributed by atoms with Crippen LogP contribution in [0.2, 0.25) is 0 Å². The summed E-state index contributed by atoms with van der Waals surface area (Å²) in [7, 11) is 0. The van der Waals surface area contributed by atoms with E-state index in [9.17, 15) is 28.2 Å². The number of aliphatic carboxylic acids is 1. The van der Waals surface area contributed by atoms with Gasteiger partial charge in [0.15, 0.2) is 6.10 Å². The largest absolute Gasteiger partial charge is 0.481 e. The Labute approximate surface area is 147 Å². The molecule has 0 saturated carbocycles. The van der Waals surface area contributed by atoms with Crippen LogP contribution in [0.5, 0.6) is 11.5 Å². The van der Waals surface area contributed by atoms with Gasteiger partial charge < -0.3 is 19.7 Å². The van der Waals surface area contributed by atoms with Crippen molar-refractivity contribution in [1.82, 2.24) is 0 Å². The third-order valence-corrected chi connectivity index (χ3v) is 3.44. The van der Waals surface area contributed by atoms with Crippen molar-refractivity contribution in [1.29, 1.82) is 0 Å². The molecule has 2 rings (SSSR count). The summed E-state index contributed by atoms with van der Waals surface area (Å²) >= 11 is 0. The van der Waals surface area contributed by atoms with Crippen LogP contribution < -0.4 is 9.47 Å². The molecule has 0 heterocycles. The number of halogens is 3. The van der Waals surface area contributed by atoms with E-state index in [2.05, 4.69) is 0 Å². The van der Waals surface area contributed by atoms with E-state index in [1.165, 1.54) is 36.4 Å². The summed E-state index contributed by atoms with van der Waals surface area (Å²) in [5.41, 5.74) is 0. The van der Waals surface area contributed by atoms with Crippen LogP contribution in [0.1, 0.15) is 6.42 Å². The molecule has 0 aliphatic heterocycles. The number of para-hydroxylation sites is 2. The Morgan fingerprint density at radius 1 is 0.923 bits per heavy atom. The second-order valence-electron chi connectivity index (χ2n) is 5.45. The first kappa shape index (κ1) is 19.6. The molecule has 26 heavy (non-hydrogen) atoms. The Hall–Kier alpha value is -2.74. The first-order valence-corrected chi connectivity index (χ1v) is 7.68. The highest BCUT2D eigenvalue weighted by atomic mass is 19.4. The topological polar surface area (TPSA) is 76.0 Å². The van der Waals surface area contributed by atoms with Crippen LogP contribution in [0.25, 0.3) is 0 Å². The maximum atomic E-state index is 13.2. The predicted molar refractivity (Wildman–Crippen MR) is 86.0 cm³/mol. The minimum absolute atomic E-state index is 0.0436. The Bertz CT molecular complexity index is 691. The van der Waals surface area contributed by atoms with Crippen LogP contribution in [-0.4, -0.2) is 40.7 Å². The highest BCUT2D eigenvalue weighted by Gasteiger charge is 2.45. The number of alkyl halides is 3. The Kier molecular flexibility index (Phi) is 6.46. The van der Waals surface area contributed by atoms with Gasteiger partial charge in [0.05, 0.1) is 0 Å². The van der Waals surface area contributed by atoms with Gasteiger partial charge in [-0.3, -0.25) is 0 Å². The summed E-state index contributed by atoms with van der Waals surface area (Å²) in [6, 6.07) is 14.9. The zero-order chi connectivity index (χ0) is 19.2. The summed E-state index contributed by atoms with van der Waals surface area (Å²) in [6.07, 6.45) is -12.0. The van der Waals surface area contributed by atoms with Gasteiger partial charge in [0.1, 0.15) is 17.6 Å². The van der Waals surface area contributed by atoms with E-state index in [4.69, 9.17) is 9.47 Å². The molecule has 0 amide bonds. The van der Waals surface area contributed by atoms with Gasteiger partial charge in [-0.1, -0.05) is 36.4 Å². The van der Waals surface area contributed by atoms with E-state index >= 15 is 0 Å². The molecule has 0 aromatic heterocycles. The molecule has 2 aromatic rings. The SMILES string of the molecule is O=C(O)C(Oc1ccccc1)C(O)CC(Oc1ccccc1)C(F)(F)F. The molecule has 0 aliphatic rings. The van der Waals surface area contributed by atoms with Gasteiger partial charge in [-0.2, -0.15) is 13.2 Å². The summed E-state index contributed by atoms with van der Waals surface area (Å²) in [6.45, 7) is 0. The van der Waals surface area contributed by atoms with Gasteiger partial charge in [0, 0.05) is 6.42 Å². The molecule has 0 fully saturated rings. The molecule has 3 atom stereocenters. The van der Waals surface area contributed by atoms with Crippen LogP contribution in [0.4, 0.5) is 13.2 Å². The number of hydrogen-bond donors (Lipinski definition) is 2. The molecule has 8 heteroatoms.